The molecule has 0 saturated heterocycles. The van der Waals surface area contributed by atoms with Crippen molar-refractivity contribution in [2.45, 2.75) is 13.3 Å². The molecule has 3 N–H and O–H groups in total. The SMILES string of the molecule is CCCN(c1cccc(C(=O)c2c[nH]c3ncc(-c4cnn(C)c4)cc23)c1F)S(N)(=O)=O. The number of carbonyl (C=O) groups is 1. The molecule has 1 aromatic carbocycles. The fraction of sp³-hybridized carbons (Fsp3) is 0.190. The molecule has 3 aromatic heterocycles. The Morgan fingerprint density at radius 2 is 2.03 bits per heavy atom. The number of rotatable bonds is 7. The first kappa shape index (κ1) is 21.7. The van der Waals surface area contributed by atoms with Gasteiger partial charge in [-0.15, -0.1) is 0 Å². The predicted octanol–water partition coefficient (Wildman–Crippen LogP) is 2.75. The number of carbonyl (C=O) groups excluding carboxylic acids is 1. The lowest BCUT2D eigenvalue weighted by atomic mass is 10.0. The van der Waals surface area contributed by atoms with Crippen LogP contribution in [0.1, 0.15) is 29.3 Å². The van der Waals surface area contributed by atoms with Gasteiger partial charge in [0, 0.05) is 54.3 Å². The van der Waals surface area contributed by atoms with E-state index in [9.17, 15) is 13.2 Å². The molecule has 9 nitrogen and oxygen atoms in total. The number of H-pyrrole nitrogens is 1. The first-order valence-electron chi connectivity index (χ1n) is 9.80. The van der Waals surface area contributed by atoms with E-state index in [0.29, 0.717) is 17.5 Å². The third-order valence-corrected chi connectivity index (χ3v) is 6.03. The number of nitrogens with one attached hydrogen (secondary N) is 1. The monoisotopic (exact) mass is 456 g/mol. The molecule has 0 bridgehead atoms. The van der Waals surface area contributed by atoms with E-state index >= 15 is 4.39 Å². The van der Waals surface area contributed by atoms with E-state index in [-0.39, 0.29) is 23.4 Å². The summed E-state index contributed by atoms with van der Waals surface area (Å²) in [6.45, 7) is 1.72. The molecule has 4 aromatic rings. The normalized spacial score (nSPS) is 11.8. The van der Waals surface area contributed by atoms with Crippen molar-refractivity contribution in [2.75, 3.05) is 10.8 Å². The summed E-state index contributed by atoms with van der Waals surface area (Å²) >= 11 is 0. The van der Waals surface area contributed by atoms with Gasteiger partial charge in [0.25, 0.3) is 10.2 Å². The molecule has 0 aliphatic carbocycles. The fourth-order valence-electron chi connectivity index (χ4n) is 3.54. The minimum atomic E-state index is -4.21. The maximum absolute atomic E-state index is 15.3. The minimum Gasteiger partial charge on any atom is -0.345 e. The Bertz CT molecular complexity index is 1430. The van der Waals surface area contributed by atoms with Gasteiger partial charge in [0.1, 0.15) is 5.65 Å². The summed E-state index contributed by atoms with van der Waals surface area (Å²) in [5.74, 6) is -1.56. The minimum absolute atomic E-state index is 0.0150. The number of ketones is 1. The number of pyridine rings is 1. The third kappa shape index (κ3) is 3.87. The molecule has 0 radical (unpaired) electrons. The molecule has 0 amide bonds. The first-order chi connectivity index (χ1) is 15.2. The van der Waals surface area contributed by atoms with E-state index in [0.717, 1.165) is 15.4 Å². The van der Waals surface area contributed by atoms with Crippen molar-refractivity contribution in [3.8, 4) is 11.1 Å². The number of nitrogens with zero attached hydrogens (tertiary/aromatic N) is 4. The average Bonchev–Trinajstić information content (AvgIpc) is 3.37. The number of halogens is 1. The number of aromatic nitrogens is 4. The van der Waals surface area contributed by atoms with Crippen molar-refractivity contribution < 1.29 is 17.6 Å². The number of anilines is 1. The Labute approximate surface area is 183 Å². The predicted molar refractivity (Wildman–Crippen MR) is 119 cm³/mol. The summed E-state index contributed by atoms with van der Waals surface area (Å²) in [7, 11) is -2.42. The van der Waals surface area contributed by atoms with Crippen LogP contribution in [-0.4, -0.2) is 40.5 Å². The van der Waals surface area contributed by atoms with Crippen LogP contribution in [0, 0.1) is 5.82 Å². The topological polar surface area (TPSA) is 127 Å². The third-order valence-electron chi connectivity index (χ3n) is 5.04. The van der Waals surface area contributed by atoms with Crippen LogP contribution in [0.5, 0.6) is 0 Å². The molecule has 0 fully saturated rings. The standard InChI is InChI=1S/C21H21FN6O3S/c1-3-7-28(32(23,30)31)18-6-4-5-15(19(18)22)20(29)17-11-25-21-16(17)8-13(9-24-21)14-10-26-27(2)12-14/h4-6,8-12H,3,7H2,1-2H3,(H,24,25)(H2,23,30,31). The Morgan fingerprint density at radius 1 is 1.25 bits per heavy atom. The second kappa shape index (κ2) is 8.17. The molecule has 0 aliphatic heterocycles. The van der Waals surface area contributed by atoms with Gasteiger partial charge in [-0.25, -0.2) is 14.5 Å². The van der Waals surface area contributed by atoms with Crippen molar-refractivity contribution in [1.82, 2.24) is 19.7 Å². The zero-order valence-corrected chi connectivity index (χ0v) is 18.2. The number of benzene rings is 1. The van der Waals surface area contributed by atoms with E-state index in [4.69, 9.17) is 5.14 Å². The maximum Gasteiger partial charge on any atom is 0.299 e. The molecular weight excluding hydrogens is 435 g/mol. The highest BCUT2D eigenvalue weighted by Gasteiger charge is 2.26. The van der Waals surface area contributed by atoms with E-state index in [2.05, 4.69) is 15.1 Å². The molecule has 0 atom stereocenters. The van der Waals surface area contributed by atoms with Crippen LogP contribution < -0.4 is 9.44 Å². The van der Waals surface area contributed by atoms with Crippen molar-refractivity contribution in [3.05, 3.63) is 66.0 Å². The summed E-state index contributed by atoms with van der Waals surface area (Å²) in [4.78, 5) is 20.5. The van der Waals surface area contributed by atoms with E-state index in [1.807, 2.05) is 6.20 Å². The van der Waals surface area contributed by atoms with Crippen molar-refractivity contribution in [3.63, 3.8) is 0 Å². The summed E-state index contributed by atoms with van der Waals surface area (Å²) in [6, 6.07) is 5.79. The Balaban J connectivity index is 1.80. The van der Waals surface area contributed by atoms with Gasteiger partial charge in [-0.1, -0.05) is 13.0 Å². The lowest BCUT2D eigenvalue weighted by Crippen LogP contribution is -2.38. The zero-order chi connectivity index (χ0) is 23.0. The van der Waals surface area contributed by atoms with Gasteiger partial charge < -0.3 is 4.98 Å². The number of aryl methyl sites for hydroxylation is 1. The quantitative estimate of drug-likeness (QED) is 0.414. The molecule has 166 valence electrons. The van der Waals surface area contributed by atoms with E-state index < -0.39 is 21.8 Å². The average molecular weight is 457 g/mol. The number of aromatic amines is 1. The number of nitrogens with two attached hydrogens (primary N) is 1. The number of fused-ring (bicyclic) bond motifs is 1. The van der Waals surface area contributed by atoms with Crippen LogP contribution in [0.4, 0.5) is 10.1 Å². The van der Waals surface area contributed by atoms with Crippen LogP contribution in [0.3, 0.4) is 0 Å². The van der Waals surface area contributed by atoms with Crippen LogP contribution in [0.25, 0.3) is 22.2 Å². The molecule has 4 rings (SSSR count). The summed E-state index contributed by atoms with van der Waals surface area (Å²) in [5.41, 5.74) is 1.71. The Hall–Kier alpha value is -3.57. The molecule has 11 heteroatoms. The van der Waals surface area contributed by atoms with Crippen LogP contribution in [-0.2, 0) is 17.3 Å². The van der Waals surface area contributed by atoms with Gasteiger partial charge in [0.15, 0.2) is 11.6 Å². The number of hydrogen-bond acceptors (Lipinski definition) is 5. The number of hydrogen-bond donors (Lipinski definition) is 2. The molecule has 0 spiro atoms. The second-order valence-electron chi connectivity index (χ2n) is 7.31. The van der Waals surface area contributed by atoms with Crippen LogP contribution in [0.2, 0.25) is 0 Å². The highest BCUT2D eigenvalue weighted by Crippen LogP contribution is 2.29. The molecule has 32 heavy (non-hydrogen) atoms. The second-order valence-corrected chi connectivity index (χ2v) is 8.78. The summed E-state index contributed by atoms with van der Waals surface area (Å²) < 4.78 is 41.7. The van der Waals surface area contributed by atoms with Gasteiger partial charge >= 0.3 is 0 Å². The van der Waals surface area contributed by atoms with Crippen LogP contribution >= 0.6 is 0 Å². The molecule has 0 saturated carbocycles. The molecular formula is C21H21FN6O3S. The Kier molecular flexibility index (Phi) is 5.53. The van der Waals surface area contributed by atoms with Gasteiger partial charge in [0.05, 0.1) is 17.4 Å². The molecule has 0 unspecified atom stereocenters. The van der Waals surface area contributed by atoms with E-state index in [1.165, 1.54) is 24.4 Å². The van der Waals surface area contributed by atoms with Crippen molar-refractivity contribution in [1.29, 1.82) is 0 Å². The van der Waals surface area contributed by atoms with Crippen molar-refractivity contribution >= 4 is 32.7 Å². The summed E-state index contributed by atoms with van der Waals surface area (Å²) in [5, 5.41) is 9.91. The highest BCUT2D eigenvalue weighted by molar-refractivity contribution is 7.90. The smallest absolute Gasteiger partial charge is 0.299 e. The largest absolute Gasteiger partial charge is 0.345 e. The fourth-order valence-corrected chi connectivity index (χ4v) is 4.39. The van der Waals surface area contributed by atoms with Gasteiger partial charge in [0.2, 0.25) is 0 Å². The Morgan fingerprint density at radius 3 is 2.69 bits per heavy atom. The van der Waals surface area contributed by atoms with Gasteiger partial charge in [-0.3, -0.25) is 13.8 Å². The summed E-state index contributed by atoms with van der Waals surface area (Å²) in [6.07, 6.45) is 7.02. The lowest BCUT2D eigenvalue weighted by molar-refractivity contribution is 0.103. The van der Waals surface area contributed by atoms with Gasteiger partial charge in [-0.2, -0.15) is 13.5 Å². The van der Waals surface area contributed by atoms with E-state index in [1.54, 1.807) is 37.1 Å². The lowest BCUT2D eigenvalue weighted by Gasteiger charge is -2.22. The highest BCUT2D eigenvalue weighted by atomic mass is 32.2. The van der Waals surface area contributed by atoms with Crippen molar-refractivity contribution in [2.24, 2.45) is 12.2 Å². The van der Waals surface area contributed by atoms with Gasteiger partial charge in [-0.05, 0) is 24.6 Å². The molecule has 0 aliphatic rings. The zero-order valence-electron chi connectivity index (χ0n) is 17.4. The maximum atomic E-state index is 15.3. The molecule has 3 heterocycles. The first-order valence-corrected chi connectivity index (χ1v) is 11.3. The van der Waals surface area contributed by atoms with Crippen LogP contribution in [0.15, 0.2) is 49.1 Å².